The van der Waals surface area contributed by atoms with E-state index in [-0.39, 0.29) is 17.4 Å². The molecule has 0 aromatic rings. The van der Waals surface area contributed by atoms with Gasteiger partial charge in [0.25, 0.3) is 5.91 Å². The largest absolute Gasteiger partial charge is 0.320 e. The molecule has 0 radical (unpaired) electrons. The van der Waals surface area contributed by atoms with E-state index in [4.69, 9.17) is 10.6 Å². The van der Waals surface area contributed by atoms with Gasteiger partial charge in [-0.1, -0.05) is 13.8 Å². The second kappa shape index (κ2) is 4.58. The summed E-state index contributed by atoms with van der Waals surface area (Å²) in [6.07, 6.45) is 0. The van der Waals surface area contributed by atoms with Crippen molar-refractivity contribution in [3.05, 3.63) is 0 Å². The van der Waals surface area contributed by atoms with Crippen LogP contribution in [-0.2, 0) is 9.63 Å². The van der Waals surface area contributed by atoms with Crippen LogP contribution in [-0.4, -0.2) is 17.6 Å². The number of nitrogens with two attached hydrogens (primary N) is 1. The molecule has 4 nitrogen and oxygen atoms in total. The Kier molecular flexibility index (Phi) is 4.36. The lowest BCUT2D eigenvalue weighted by atomic mass is 10.1. The summed E-state index contributed by atoms with van der Waals surface area (Å²) in [5, 5.41) is 0. The second-order valence-corrected chi connectivity index (χ2v) is 4.45. The van der Waals surface area contributed by atoms with Crippen molar-refractivity contribution in [2.24, 2.45) is 11.7 Å². The quantitative estimate of drug-likeness (QED) is 0.644. The zero-order valence-electron chi connectivity index (χ0n) is 9.05. The zero-order chi connectivity index (χ0) is 10.6. The molecular formula is C9H20N2O2. The van der Waals surface area contributed by atoms with Crippen LogP contribution in [0.1, 0.15) is 34.6 Å². The summed E-state index contributed by atoms with van der Waals surface area (Å²) >= 11 is 0. The maximum atomic E-state index is 11.3. The first-order valence-electron chi connectivity index (χ1n) is 4.47. The van der Waals surface area contributed by atoms with Gasteiger partial charge in [-0.2, -0.15) is 0 Å². The van der Waals surface area contributed by atoms with Crippen LogP contribution in [0.25, 0.3) is 0 Å². The SMILES string of the molecule is CC(C)[C@@H](N)C(=O)NOC(C)(C)C. The summed E-state index contributed by atoms with van der Waals surface area (Å²) in [5.74, 6) is -0.159. The van der Waals surface area contributed by atoms with Crippen LogP contribution in [0.3, 0.4) is 0 Å². The zero-order valence-corrected chi connectivity index (χ0v) is 9.05. The molecule has 4 heteroatoms. The van der Waals surface area contributed by atoms with Crippen LogP contribution in [0.4, 0.5) is 0 Å². The molecule has 0 saturated carbocycles. The molecule has 0 rings (SSSR count). The van der Waals surface area contributed by atoms with Gasteiger partial charge in [0, 0.05) is 0 Å². The molecule has 1 atom stereocenters. The van der Waals surface area contributed by atoms with E-state index in [0.29, 0.717) is 0 Å². The first kappa shape index (κ1) is 12.4. The molecule has 0 aromatic heterocycles. The minimum atomic E-state index is -0.512. The van der Waals surface area contributed by atoms with Gasteiger partial charge in [0.05, 0.1) is 11.6 Å². The van der Waals surface area contributed by atoms with E-state index in [1.54, 1.807) is 0 Å². The molecular weight excluding hydrogens is 168 g/mol. The molecule has 0 unspecified atom stereocenters. The van der Waals surface area contributed by atoms with Gasteiger partial charge in [0.15, 0.2) is 0 Å². The smallest absolute Gasteiger partial charge is 0.260 e. The normalized spacial score (nSPS) is 14.4. The van der Waals surface area contributed by atoms with Crippen LogP contribution in [0.2, 0.25) is 0 Å². The molecule has 0 aromatic carbocycles. The number of amides is 1. The maximum absolute atomic E-state index is 11.3. The monoisotopic (exact) mass is 188 g/mol. The van der Waals surface area contributed by atoms with E-state index >= 15 is 0 Å². The van der Waals surface area contributed by atoms with Crippen LogP contribution >= 0.6 is 0 Å². The number of nitrogens with one attached hydrogen (secondary N) is 1. The van der Waals surface area contributed by atoms with Gasteiger partial charge in [-0.15, -0.1) is 0 Å². The van der Waals surface area contributed by atoms with E-state index in [9.17, 15) is 4.79 Å². The molecule has 0 aliphatic carbocycles. The highest BCUT2D eigenvalue weighted by Crippen LogP contribution is 2.04. The van der Waals surface area contributed by atoms with Crippen molar-refractivity contribution >= 4 is 5.91 Å². The standard InChI is InChI=1S/C9H20N2O2/c1-6(2)7(10)8(12)11-13-9(3,4)5/h6-7H,10H2,1-5H3,(H,11,12)/t7-/m1/s1. The summed E-state index contributed by atoms with van der Waals surface area (Å²) in [6.45, 7) is 9.35. The van der Waals surface area contributed by atoms with Crippen molar-refractivity contribution < 1.29 is 9.63 Å². The minimum Gasteiger partial charge on any atom is -0.320 e. The van der Waals surface area contributed by atoms with Crippen LogP contribution in [0.5, 0.6) is 0 Å². The van der Waals surface area contributed by atoms with Crippen molar-refractivity contribution in [2.45, 2.75) is 46.3 Å². The highest BCUT2D eigenvalue weighted by molar-refractivity contribution is 5.80. The number of carbonyl (C=O) groups is 1. The van der Waals surface area contributed by atoms with Crippen molar-refractivity contribution in [1.82, 2.24) is 5.48 Å². The Hall–Kier alpha value is -0.610. The highest BCUT2D eigenvalue weighted by Gasteiger charge is 2.19. The Balaban J connectivity index is 3.89. The Bertz CT molecular complexity index is 173. The Morgan fingerprint density at radius 2 is 1.85 bits per heavy atom. The average Bonchev–Trinajstić information content (AvgIpc) is 1.97. The minimum absolute atomic E-state index is 0.114. The highest BCUT2D eigenvalue weighted by atomic mass is 16.7. The van der Waals surface area contributed by atoms with E-state index in [2.05, 4.69) is 5.48 Å². The molecule has 78 valence electrons. The summed E-state index contributed by atoms with van der Waals surface area (Å²) in [6, 6.07) is -0.512. The topological polar surface area (TPSA) is 64.4 Å². The van der Waals surface area contributed by atoms with E-state index in [1.807, 2.05) is 34.6 Å². The van der Waals surface area contributed by atoms with Crippen molar-refractivity contribution in [3.63, 3.8) is 0 Å². The molecule has 0 fully saturated rings. The summed E-state index contributed by atoms with van der Waals surface area (Å²) in [7, 11) is 0. The number of carbonyl (C=O) groups excluding carboxylic acids is 1. The number of hydroxylamine groups is 1. The van der Waals surface area contributed by atoms with Gasteiger partial charge in [0.2, 0.25) is 0 Å². The van der Waals surface area contributed by atoms with Gasteiger partial charge in [0.1, 0.15) is 0 Å². The van der Waals surface area contributed by atoms with Crippen LogP contribution in [0, 0.1) is 5.92 Å². The third kappa shape index (κ3) is 5.60. The third-order valence-electron chi connectivity index (χ3n) is 1.48. The summed E-state index contributed by atoms with van der Waals surface area (Å²) in [5.41, 5.74) is 7.55. The molecule has 0 aliphatic rings. The third-order valence-corrected chi connectivity index (χ3v) is 1.48. The fraction of sp³-hybridized carbons (Fsp3) is 0.889. The summed E-state index contributed by atoms with van der Waals surface area (Å²) < 4.78 is 0. The van der Waals surface area contributed by atoms with Crippen LogP contribution in [0.15, 0.2) is 0 Å². The Morgan fingerprint density at radius 3 is 2.15 bits per heavy atom. The number of rotatable bonds is 3. The predicted molar refractivity (Wildman–Crippen MR) is 51.8 cm³/mol. The molecule has 0 saturated heterocycles. The predicted octanol–water partition coefficient (Wildman–Crippen LogP) is 0.816. The fourth-order valence-corrected chi connectivity index (χ4v) is 0.574. The van der Waals surface area contributed by atoms with Gasteiger partial charge in [-0.3, -0.25) is 9.63 Å². The molecule has 0 bridgehead atoms. The van der Waals surface area contributed by atoms with Crippen molar-refractivity contribution in [1.29, 1.82) is 0 Å². The van der Waals surface area contributed by atoms with Gasteiger partial charge < -0.3 is 5.73 Å². The van der Waals surface area contributed by atoms with Crippen LogP contribution < -0.4 is 11.2 Å². The lowest BCUT2D eigenvalue weighted by molar-refractivity contribution is -0.147. The van der Waals surface area contributed by atoms with E-state index in [1.165, 1.54) is 0 Å². The lowest BCUT2D eigenvalue weighted by Gasteiger charge is -2.21. The molecule has 1 amide bonds. The molecule has 0 spiro atoms. The van der Waals surface area contributed by atoms with Gasteiger partial charge in [-0.05, 0) is 26.7 Å². The molecule has 0 heterocycles. The maximum Gasteiger partial charge on any atom is 0.260 e. The Morgan fingerprint density at radius 1 is 1.38 bits per heavy atom. The van der Waals surface area contributed by atoms with E-state index in [0.717, 1.165) is 0 Å². The van der Waals surface area contributed by atoms with Gasteiger partial charge >= 0.3 is 0 Å². The molecule has 13 heavy (non-hydrogen) atoms. The average molecular weight is 188 g/mol. The van der Waals surface area contributed by atoms with Crippen molar-refractivity contribution in [2.75, 3.05) is 0 Å². The van der Waals surface area contributed by atoms with E-state index < -0.39 is 6.04 Å². The fourth-order valence-electron chi connectivity index (χ4n) is 0.574. The lowest BCUT2D eigenvalue weighted by Crippen LogP contribution is -2.46. The first-order valence-corrected chi connectivity index (χ1v) is 4.47. The van der Waals surface area contributed by atoms with Gasteiger partial charge in [-0.25, -0.2) is 5.48 Å². The van der Waals surface area contributed by atoms with Crippen molar-refractivity contribution in [3.8, 4) is 0 Å². The number of hydrogen-bond donors (Lipinski definition) is 2. The molecule has 3 N–H and O–H groups in total. The first-order chi connectivity index (χ1) is 5.74. The molecule has 0 aliphatic heterocycles. The Labute approximate surface area is 79.8 Å². The number of hydrogen-bond acceptors (Lipinski definition) is 3. The second-order valence-electron chi connectivity index (χ2n) is 4.45. The summed E-state index contributed by atoms with van der Waals surface area (Å²) in [4.78, 5) is 16.4.